The number of ether oxygens (including phenoxy) is 1. The van der Waals surface area contributed by atoms with Crippen molar-refractivity contribution >= 4 is 23.5 Å². The number of amides is 1. The van der Waals surface area contributed by atoms with Crippen LogP contribution in [-0.2, 0) is 4.79 Å². The monoisotopic (exact) mass is 345 g/mol. The van der Waals surface area contributed by atoms with Gasteiger partial charge in [-0.15, -0.1) is 0 Å². The third kappa shape index (κ3) is 4.95. The number of nitrogens with zero attached hydrogens (tertiary/aromatic N) is 1. The first-order chi connectivity index (χ1) is 12.7. The molecule has 0 aliphatic carbocycles. The number of rotatable bonds is 6. The molecule has 130 valence electrons. The van der Waals surface area contributed by atoms with Crippen LogP contribution in [0.15, 0.2) is 84.0 Å². The van der Waals surface area contributed by atoms with Crippen molar-refractivity contribution in [1.29, 1.82) is 0 Å². The minimum absolute atomic E-state index is 0.105. The summed E-state index contributed by atoms with van der Waals surface area (Å²) in [4.78, 5) is 11.1. The molecule has 5 nitrogen and oxygen atoms in total. The lowest BCUT2D eigenvalue weighted by molar-refractivity contribution is -0.114. The molecule has 0 saturated carbocycles. The van der Waals surface area contributed by atoms with Crippen molar-refractivity contribution in [2.75, 3.05) is 10.7 Å². The zero-order valence-corrected chi connectivity index (χ0v) is 14.3. The fourth-order valence-corrected chi connectivity index (χ4v) is 2.31. The Bertz CT molecular complexity index is 891. The van der Waals surface area contributed by atoms with Gasteiger partial charge >= 0.3 is 0 Å². The van der Waals surface area contributed by atoms with Gasteiger partial charge in [-0.2, -0.15) is 5.10 Å². The summed E-state index contributed by atoms with van der Waals surface area (Å²) in [6.07, 6.45) is 1.72. The first-order valence-corrected chi connectivity index (χ1v) is 8.19. The maximum absolute atomic E-state index is 11.1. The molecule has 0 bridgehead atoms. The number of hydrogen-bond acceptors (Lipinski definition) is 4. The average molecular weight is 345 g/mol. The summed E-state index contributed by atoms with van der Waals surface area (Å²) in [7, 11) is 0. The standard InChI is InChI=1S/C21H19N3O2/c1-16(25)23-18-11-13-20(14-12-18)26-21-10-6-5-7-17(21)15-22-24-19-8-3-2-4-9-19/h2-15,24H,1H3,(H,23,25). The van der Waals surface area contributed by atoms with Gasteiger partial charge in [-0.25, -0.2) is 0 Å². The molecule has 1 amide bonds. The number of carbonyl (C=O) groups is 1. The van der Waals surface area contributed by atoms with Gasteiger partial charge in [-0.3, -0.25) is 10.2 Å². The van der Waals surface area contributed by atoms with Crippen molar-refractivity contribution in [2.24, 2.45) is 5.10 Å². The minimum Gasteiger partial charge on any atom is -0.457 e. The number of benzene rings is 3. The molecule has 0 unspecified atom stereocenters. The van der Waals surface area contributed by atoms with E-state index in [9.17, 15) is 4.79 Å². The maximum Gasteiger partial charge on any atom is 0.221 e. The van der Waals surface area contributed by atoms with E-state index in [2.05, 4.69) is 15.8 Å². The maximum atomic E-state index is 11.1. The van der Waals surface area contributed by atoms with E-state index in [1.54, 1.807) is 30.5 Å². The van der Waals surface area contributed by atoms with Gasteiger partial charge in [0.1, 0.15) is 11.5 Å². The molecule has 0 atom stereocenters. The van der Waals surface area contributed by atoms with Gasteiger partial charge in [-0.1, -0.05) is 30.3 Å². The van der Waals surface area contributed by atoms with Crippen LogP contribution in [0.1, 0.15) is 12.5 Å². The number of carbonyl (C=O) groups excluding carboxylic acids is 1. The van der Waals surface area contributed by atoms with Crippen LogP contribution in [0.2, 0.25) is 0 Å². The van der Waals surface area contributed by atoms with Gasteiger partial charge in [0.05, 0.1) is 11.9 Å². The van der Waals surface area contributed by atoms with E-state index in [0.717, 1.165) is 16.9 Å². The van der Waals surface area contributed by atoms with Crippen molar-refractivity contribution in [1.82, 2.24) is 0 Å². The molecule has 26 heavy (non-hydrogen) atoms. The lowest BCUT2D eigenvalue weighted by Gasteiger charge is -2.09. The third-order valence-corrected chi connectivity index (χ3v) is 3.49. The molecule has 0 heterocycles. The summed E-state index contributed by atoms with van der Waals surface area (Å²) >= 11 is 0. The Morgan fingerprint density at radius 1 is 0.885 bits per heavy atom. The van der Waals surface area contributed by atoms with Gasteiger partial charge in [0.25, 0.3) is 0 Å². The highest BCUT2D eigenvalue weighted by molar-refractivity contribution is 5.88. The molecular weight excluding hydrogens is 326 g/mol. The first-order valence-electron chi connectivity index (χ1n) is 8.19. The predicted octanol–water partition coefficient (Wildman–Crippen LogP) is 4.88. The molecule has 0 spiro atoms. The summed E-state index contributed by atoms with van der Waals surface area (Å²) in [6, 6.07) is 24.6. The van der Waals surface area contributed by atoms with Crippen molar-refractivity contribution in [2.45, 2.75) is 6.92 Å². The summed E-state index contributed by atoms with van der Waals surface area (Å²) in [6.45, 7) is 1.48. The van der Waals surface area contributed by atoms with Crippen LogP contribution in [0.3, 0.4) is 0 Å². The minimum atomic E-state index is -0.105. The quantitative estimate of drug-likeness (QED) is 0.494. The van der Waals surface area contributed by atoms with Crippen molar-refractivity contribution in [3.05, 3.63) is 84.4 Å². The van der Waals surface area contributed by atoms with E-state index in [0.29, 0.717) is 11.5 Å². The van der Waals surface area contributed by atoms with Crippen molar-refractivity contribution in [3.63, 3.8) is 0 Å². The predicted molar refractivity (Wildman–Crippen MR) is 105 cm³/mol. The Balaban J connectivity index is 1.69. The summed E-state index contributed by atoms with van der Waals surface area (Å²) in [5.74, 6) is 1.26. The molecular formula is C21H19N3O2. The van der Waals surface area contributed by atoms with Crippen LogP contribution in [0, 0.1) is 0 Å². The molecule has 0 aliphatic heterocycles. The summed E-state index contributed by atoms with van der Waals surface area (Å²) in [5.41, 5.74) is 5.47. The summed E-state index contributed by atoms with van der Waals surface area (Å²) in [5, 5.41) is 6.99. The van der Waals surface area contributed by atoms with Crippen molar-refractivity contribution in [3.8, 4) is 11.5 Å². The molecule has 0 aromatic heterocycles. The normalized spacial score (nSPS) is 10.5. The number of hydrazone groups is 1. The van der Waals surface area contributed by atoms with Crippen LogP contribution in [-0.4, -0.2) is 12.1 Å². The van der Waals surface area contributed by atoms with E-state index in [1.807, 2.05) is 54.6 Å². The lowest BCUT2D eigenvalue weighted by atomic mass is 10.2. The molecule has 5 heteroatoms. The molecule has 2 N–H and O–H groups in total. The number of hydrogen-bond donors (Lipinski definition) is 2. The Morgan fingerprint density at radius 2 is 1.58 bits per heavy atom. The number of para-hydroxylation sites is 2. The molecule has 0 aliphatic rings. The molecule has 3 aromatic carbocycles. The smallest absolute Gasteiger partial charge is 0.221 e. The fourth-order valence-electron chi connectivity index (χ4n) is 2.31. The lowest BCUT2D eigenvalue weighted by Crippen LogP contribution is -2.05. The van der Waals surface area contributed by atoms with Gasteiger partial charge in [0, 0.05) is 18.2 Å². The Morgan fingerprint density at radius 3 is 2.31 bits per heavy atom. The van der Waals surface area contributed by atoms with Crippen LogP contribution < -0.4 is 15.5 Å². The summed E-state index contributed by atoms with van der Waals surface area (Å²) < 4.78 is 5.94. The second-order valence-corrected chi connectivity index (χ2v) is 5.58. The van der Waals surface area contributed by atoms with Crippen LogP contribution in [0.5, 0.6) is 11.5 Å². The van der Waals surface area contributed by atoms with Gasteiger partial charge in [-0.05, 0) is 48.5 Å². The van der Waals surface area contributed by atoms with E-state index >= 15 is 0 Å². The number of nitrogens with one attached hydrogen (secondary N) is 2. The van der Waals surface area contributed by atoms with E-state index in [-0.39, 0.29) is 5.91 Å². The molecule has 0 saturated heterocycles. The highest BCUT2D eigenvalue weighted by Gasteiger charge is 2.03. The zero-order valence-electron chi connectivity index (χ0n) is 14.3. The highest BCUT2D eigenvalue weighted by atomic mass is 16.5. The van der Waals surface area contributed by atoms with Crippen LogP contribution in [0.4, 0.5) is 11.4 Å². The topological polar surface area (TPSA) is 62.7 Å². The molecule has 3 aromatic rings. The van der Waals surface area contributed by atoms with Crippen molar-refractivity contribution < 1.29 is 9.53 Å². The SMILES string of the molecule is CC(=O)Nc1ccc(Oc2ccccc2C=NNc2ccccc2)cc1. The Kier molecular flexibility index (Phi) is 5.62. The van der Waals surface area contributed by atoms with E-state index < -0.39 is 0 Å². The second-order valence-electron chi connectivity index (χ2n) is 5.58. The second kappa shape index (κ2) is 8.48. The van der Waals surface area contributed by atoms with E-state index in [1.165, 1.54) is 6.92 Å². The van der Waals surface area contributed by atoms with Gasteiger partial charge in [0.2, 0.25) is 5.91 Å². The van der Waals surface area contributed by atoms with Crippen LogP contribution >= 0.6 is 0 Å². The Hall–Kier alpha value is -3.60. The largest absolute Gasteiger partial charge is 0.457 e. The fraction of sp³-hybridized carbons (Fsp3) is 0.0476. The third-order valence-electron chi connectivity index (χ3n) is 3.49. The zero-order chi connectivity index (χ0) is 18.2. The highest BCUT2D eigenvalue weighted by Crippen LogP contribution is 2.25. The molecule has 0 fully saturated rings. The molecule has 3 rings (SSSR count). The Labute approximate surface area is 152 Å². The van der Waals surface area contributed by atoms with Crippen LogP contribution in [0.25, 0.3) is 0 Å². The van der Waals surface area contributed by atoms with Gasteiger partial charge < -0.3 is 10.1 Å². The van der Waals surface area contributed by atoms with Gasteiger partial charge in [0.15, 0.2) is 0 Å². The first kappa shape index (κ1) is 17.2. The molecule has 0 radical (unpaired) electrons. The average Bonchev–Trinajstić information content (AvgIpc) is 2.65. The van der Waals surface area contributed by atoms with E-state index in [4.69, 9.17) is 4.74 Å². The number of anilines is 2.